The first-order chi connectivity index (χ1) is 8.28. The second-order valence-corrected chi connectivity index (χ2v) is 6.67. The molecule has 2 nitrogen and oxygen atoms in total. The minimum atomic E-state index is 0.593. The molecule has 0 bridgehead atoms. The molecule has 3 aliphatic rings. The molecule has 3 rings (SSSR count). The number of hydrogen-bond acceptors (Lipinski definition) is 2. The van der Waals surface area contributed by atoms with Gasteiger partial charge in [0.25, 0.3) is 0 Å². The third-order valence-electron chi connectivity index (χ3n) is 5.26. The van der Waals surface area contributed by atoms with Crippen LogP contribution in [0, 0.1) is 11.3 Å². The van der Waals surface area contributed by atoms with Crippen molar-refractivity contribution in [2.75, 3.05) is 13.2 Å². The van der Waals surface area contributed by atoms with Crippen molar-refractivity contribution >= 4 is 0 Å². The number of ether oxygens (including phenoxy) is 1. The fourth-order valence-electron chi connectivity index (χ4n) is 4.04. The van der Waals surface area contributed by atoms with E-state index >= 15 is 0 Å². The highest BCUT2D eigenvalue weighted by Gasteiger charge is 2.44. The first-order valence-electron chi connectivity index (χ1n) is 7.62. The molecule has 98 valence electrons. The molecule has 2 aliphatic carbocycles. The lowest BCUT2D eigenvalue weighted by molar-refractivity contribution is 0.00256. The van der Waals surface area contributed by atoms with Gasteiger partial charge in [-0.05, 0) is 50.4 Å². The first-order valence-corrected chi connectivity index (χ1v) is 7.62. The van der Waals surface area contributed by atoms with Gasteiger partial charge in [0.2, 0.25) is 0 Å². The predicted octanol–water partition coefficient (Wildman–Crippen LogP) is 3.11. The van der Waals surface area contributed by atoms with Gasteiger partial charge in [0.05, 0.1) is 0 Å². The molecule has 17 heavy (non-hydrogen) atoms. The molecule has 2 atom stereocenters. The van der Waals surface area contributed by atoms with Crippen LogP contribution in [-0.4, -0.2) is 25.3 Å². The zero-order valence-corrected chi connectivity index (χ0v) is 11.2. The zero-order chi connectivity index (χ0) is 11.7. The molecule has 1 heterocycles. The summed E-state index contributed by atoms with van der Waals surface area (Å²) in [6.07, 6.45) is 11.2. The smallest absolute Gasteiger partial charge is 0.0471 e. The lowest BCUT2D eigenvalue weighted by Gasteiger charge is -2.40. The van der Waals surface area contributed by atoms with Crippen LogP contribution in [0.15, 0.2) is 0 Å². The van der Waals surface area contributed by atoms with Crippen molar-refractivity contribution in [2.24, 2.45) is 11.3 Å². The zero-order valence-electron chi connectivity index (χ0n) is 11.2. The van der Waals surface area contributed by atoms with Crippen LogP contribution in [0.1, 0.15) is 58.3 Å². The molecule has 0 aromatic rings. The Morgan fingerprint density at radius 3 is 2.65 bits per heavy atom. The minimum Gasteiger partial charge on any atom is -0.381 e. The Bertz CT molecular complexity index is 256. The van der Waals surface area contributed by atoms with Gasteiger partial charge in [-0.3, -0.25) is 0 Å². The quantitative estimate of drug-likeness (QED) is 0.811. The van der Waals surface area contributed by atoms with Crippen LogP contribution in [0.4, 0.5) is 0 Å². The van der Waals surface area contributed by atoms with Crippen molar-refractivity contribution < 1.29 is 4.74 Å². The molecule has 3 fully saturated rings. The Balaban J connectivity index is 1.56. The van der Waals surface area contributed by atoms with Gasteiger partial charge in [-0.15, -0.1) is 0 Å². The van der Waals surface area contributed by atoms with E-state index in [1.54, 1.807) is 0 Å². The molecule has 2 saturated carbocycles. The van der Waals surface area contributed by atoms with E-state index in [0.29, 0.717) is 5.41 Å². The van der Waals surface area contributed by atoms with Gasteiger partial charge >= 0.3 is 0 Å². The second kappa shape index (κ2) is 4.89. The van der Waals surface area contributed by atoms with Crippen LogP contribution in [0.3, 0.4) is 0 Å². The van der Waals surface area contributed by atoms with Crippen molar-refractivity contribution in [1.29, 1.82) is 0 Å². The summed E-state index contributed by atoms with van der Waals surface area (Å²) in [5.41, 5.74) is 0.593. The average Bonchev–Trinajstić information content (AvgIpc) is 3.06. The summed E-state index contributed by atoms with van der Waals surface area (Å²) in [7, 11) is 0. The summed E-state index contributed by atoms with van der Waals surface area (Å²) in [5.74, 6) is 1.05. The molecule has 1 N–H and O–H groups in total. The van der Waals surface area contributed by atoms with Crippen LogP contribution in [-0.2, 0) is 4.74 Å². The van der Waals surface area contributed by atoms with Crippen molar-refractivity contribution in [3.05, 3.63) is 0 Å². The van der Waals surface area contributed by atoms with Gasteiger partial charge in [0, 0.05) is 25.3 Å². The summed E-state index contributed by atoms with van der Waals surface area (Å²) in [6.45, 7) is 4.38. The Morgan fingerprint density at radius 2 is 1.94 bits per heavy atom. The fraction of sp³-hybridized carbons (Fsp3) is 1.00. The van der Waals surface area contributed by atoms with Crippen molar-refractivity contribution in [2.45, 2.75) is 70.4 Å². The molecule has 0 radical (unpaired) electrons. The third-order valence-corrected chi connectivity index (χ3v) is 5.26. The number of rotatable bonds is 4. The highest BCUT2D eigenvalue weighted by Crippen LogP contribution is 2.46. The summed E-state index contributed by atoms with van der Waals surface area (Å²) < 4.78 is 5.56. The molecule has 1 aliphatic heterocycles. The molecule has 2 heteroatoms. The summed E-state index contributed by atoms with van der Waals surface area (Å²) >= 11 is 0. The maximum absolute atomic E-state index is 5.56. The largest absolute Gasteiger partial charge is 0.381 e. The van der Waals surface area contributed by atoms with E-state index in [-0.39, 0.29) is 0 Å². The molecule has 1 saturated heterocycles. The fourth-order valence-corrected chi connectivity index (χ4v) is 4.04. The van der Waals surface area contributed by atoms with Gasteiger partial charge in [-0.25, -0.2) is 0 Å². The van der Waals surface area contributed by atoms with E-state index < -0.39 is 0 Å². The lowest BCUT2D eigenvalue weighted by atomic mass is 9.75. The number of hydrogen-bond donors (Lipinski definition) is 1. The van der Waals surface area contributed by atoms with Gasteiger partial charge in [0.1, 0.15) is 0 Å². The maximum Gasteiger partial charge on any atom is 0.0471 e. The van der Waals surface area contributed by atoms with Crippen molar-refractivity contribution in [3.63, 3.8) is 0 Å². The normalized spacial score (nSPS) is 34.1. The average molecular weight is 237 g/mol. The van der Waals surface area contributed by atoms with Crippen LogP contribution < -0.4 is 5.32 Å². The summed E-state index contributed by atoms with van der Waals surface area (Å²) in [4.78, 5) is 0. The summed E-state index contributed by atoms with van der Waals surface area (Å²) in [5, 5.41) is 3.96. The molecule has 1 spiro atoms. The Hall–Kier alpha value is -0.0800. The number of nitrogens with one attached hydrogen (secondary N) is 1. The van der Waals surface area contributed by atoms with E-state index in [1.165, 1.54) is 51.4 Å². The van der Waals surface area contributed by atoms with Crippen molar-refractivity contribution in [3.8, 4) is 0 Å². The molecular formula is C15H27NO. The van der Waals surface area contributed by atoms with E-state index in [4.69, 9.17) is 4.74 Å². The molecule has 2 unspecified atom stereocenters. The van der Waals surface area contributed by atoms with Crippen molar-refractivity contribution in [1.82, 2.24) is 5.32 Å². The highest BCUT2D eigenvalue weighted by atomic mass is 16.5. The standard InChI is InChI=1S/C15H27NO/c1-12(11-13-4-5-13)16-14-3-2-6-15(14)7-9-17-10-8-15/h12-14,16H,2-11H2,1H3. The molecule has 0 aromatic heterocycles. The van der Waals surface area contributed by atoms with Crippen LogP contribution in [0.5, 0.6) is 0 Å². The Labute approximate surface area is 105 Å². The first kappa shape index (κ1) is 12.0. The van der Waals surface area contributed by atoms with Gasteiger partial charge < -0.3 is 10.1 Å². The van der Waals surface area contributed by atoms with Crippen LogP contribution >= 0.6 is 0 Å². The highest BCUT2D eigenvalue weighted by molar-refractivity contribution is 4.98. The third kappa shape index (κ3) is 2.68. The topological polar surface area (TPSA) is 21.3 Å². The van der Waals surface area contributed by atoms with Gasteiger partial charge in [0.15, 0.2) is 0 Å². The van der Waals surface area contributed by atoms with E-state index in [9.17, 15) is 0 Å². The van der Waals surface area contributed by atoms with Crippen LogP contribution in [0.25, 0.3) is 0 Å². The van der Waals surface area contributed by atoms with E-state index in [1.807, 2.05) is 0 Å². The minimum absolute atomic E-state index is 0.593. The van der Waals surface area contributed by atoms with Gasteiger partial charge in [-0.1, -0.05) is 19.3 Å². The monoisotopic (exact) mass is 237 g/mol. The maximum atomic E-state index is 5.56. The second-order valence-electron chi connectivity index (χ2n) is 6.67. The molecular weight excluding hydrogens is 210 g/mol. The predicted molar refractivity (Wildman–Crippen MR) is 70.1 cm³/mol. The Kier molecular flexibility index (Phi) is 3.45. The Morgan fingerprint density at radius 1 is 1.18 bits per heavy atom. The van der Waals surface area contributed by atoms with Gasteiger partial charge in [-0.2, -0.15) is 0 Å². The SMILES string of the molecule is CC(CC1CC1)NC1CCCC12CCOCC2. The van der Waals surface area contributed by atoms with E-state index in [2.05, 4.69) is 12.2 Å². The van der Waals surface area contributed by atoms with E-state index in [0.717, 1.165) is 31.2 Å². The molecule has 0 amide bonds. The molecule has 0 aromatic carbocycles. The van der Waals surface area contributed by atoms with Crippen LogP contribution in [0.2, 0.25) is 0 Å². The summed E-state index contributed by atoms with van der Waals surface area (Å²) in [6, 6.07) is 1.51. The lowest BCUT2D eigenvalue weighted by Crippen LogP contribution is -2.48.